The predicted octanol–water partition coefficient (Wildman–Crippen LogP) is -0.701. The molecular formula is C6H10N2O2. The molecule has 0 radical (unpaired) electrons. The van der Waals surface area contributed by atoms with Crippen LogP contribution in [0.15, 0.2) is 0 Å². The summed E-state index contributed by atoms with van der Waals surface area (Å²) in [5, 5.41) is 2.68. The Morgan fingerprint density at radius 1 is 1.50 bits per heavy atom. The van der Waals surface area contributed by atoms with Gasteiger partial charge in [0.1, 0.15) is 0 Å². The van der Waals surface area contributed by atoms with E-state index in [2.05, 4.69) is 5.32 Å². The average Bonchev–Trinajstić information content (AvgIpc) is 2.40. The molecule has 0 aromatic rings. The molecule has 4 nitrogen and oxygen atoms in total. The summed E-state index contributed by atoms with van der Waals surface area (Å²) in [6.07, 6.45) is 0. The van der Waals surface area contributed by atoms with Crippen LogP contribution < -0.4 is 11.1 Å². The van der Waals surface area contributed by atoms with Crippen LogP contribution in [0.1, 0.15) is 0 Å². The molecule has 1 aliphatic heterocycles. The smallest absolute Gasteiger partial charge is 0.312 e. The first kappa shape index (κ1) is 5.97. The van der Waals surface area contributed by atoms with Crippen LogP contribution >= 0.6 is 0 Å². The van der Waals surface area contributed by atoms with Crippen molar-refractivity contribution in [2.75, 3.05) is 13.2 Å². The highest BCUT2D eigenvalue weighted by molar-refractivity contribution is 5.72. The molecule has 3 N–H and O–H groups in total. The summed E-state index contributed by atoms with van der Waals surface area (Å²) in [4.78, 5) is 10.4. The number of primary amides is 1. The van der Waals surface area contributed by atoms with E-state index in [1.54, 1.807) is 0 Å². The van der Waals surface area contributed by atoms with Crippen LogP contribution in [0.5, 0.6) is 0 Å². The minimum Gasteiger partial charge on any atom is -0.381 e. The van der Waals surface area contributed by atoms with E-state index in [4.69, 9.17) is 10.5 Å². The number of urea groups is 1. The summed E-state index contributed by atoms with van der Waals surface area (Å²) in [7, 11) is 0. The second-order valence-electron chi connectivity index (χ2n) is 2.90. The Hall–Kier alpha value is -0.770. The van der Waals surface area contributed by atoms with E-state index in [0.29, 0.717) is 17.9 Å². The Morgan fingerprint density at radius 2 is 2.10 bits per heavy atom. The topological polar surface area (TPSA) is 64.4 Å². The Morgan fingerprint density at radius 3 is 2.60 bits per heavy atom. The minimum atomic E-state index is -0.417. The molecule has 0 spiro atoms. The molecule has 4 heteroatoms. The number of carbonyl (C=O) groups is 1. The van der Waals surface area contributed by atoms with Crippen LogP contribution in [0.4, 0.5) is 4.79 Å². The maximum Gasteiger partial charge on any atom is 0.312 e. The number of nitrogens with one attached hydrogen (secondary N) is 1. The Kier molecular flexibility index (Phi) is 1.11. The fourth-order valence-corrected chi connectivity index (χ4v) is 1.62. The second kappa shape index (κ2) is 1.85. The van der Waals surface area contributed by atoms with E-state index in [0.717, 1.165) is 13.2 Å². The Balaban J connectivity index is 1.84. The monoisotopic (exact) mass is 142 g/mol. The minimum absolute atomic E-state index is 0.311. The molecule has 1 saturated carbocycles. The number of amides is 2. The summed E-state index contributed by atoms with van der Waals surface area (Å²) in [5.74, 6) is 1.10. The lowest BCUT2D eigenvalue weighted by Crippen LogP contribution is -2.34. The van der Waals surface area contributed by atoms with Gasteiger partial charge in [-0.1, -0.05) is 0 Å². The summed E-state index contributed by atoms with van der Waals surface area (Å²) in [6.45, 7) is 1.57. The lowest BCUT2D eigenvalue weighted by molar-refractivity contribution is 0.156. The lowest BCUT2D eigenvalue weighted by atomic mass is 10.4. The van der Waals surface area contributed by atoms with Crippen LogP contribution in [0.25, 0.3) is 0 Å². The zero-order chi connectivity index (χ0) is 7.14. The highest BCUT2D eigenvalue weighted by Gasteiger charge is 2.54. The molecule has 0 bridgehead atoms. The van der Waals surface area contributed by atoms with Crippen LogP contribution in [0.2, 0.25) is 0 Å². The van der Waals surface area contributed by atoms with E-state index >= 15 is 0 Å². The summed E-state index contributed by atoms with van der Waals surface area (Å²) in [5.41, 5.74) is 4.95. The third kappa shape index (κ3) is 0.759. The van der Waals surface area contributed by atoms with E-state index in [1.807, 2.05) is 0 Å². The third-order valence-corrected chi connectivity index (χ3v) is 2.26. The summed E-state index contributed by atoms with van der Waals surface area (Å²) < 4.78 is 5.13. The van der Waals surface area contributed by atoms with Gasteiger partial charge in [0.05, 0.1) is 13.2 Å². The maximum atomic E-state index is 10.4. The molecule has 0 aromatic carbocycles. The molecule has 2 amide bonds. The molecule has 10 heavy (non-hydrogen) atoms. The number of fused-ring (bicyclic) bond motifs is 1. The first-order valence-corrected chi connectivity index (χ1v) is 3.43. The van der Waals surface area contributed by atoms with Crippen molar-refractivity contribution in [3.8, 4) is 0 Å². The largest absolute Gasteiger partial charge is 0.381 e. The van der Waals surface area contributed by atoms with E-state index in [1.165, 1.54) is 0 Å². The van der Waals surface area contributed by atoms with Gasteiger partial charge in [-0.05, 0) is 0 Å². The Labute approximate surface area is 58.7 Å². The van der Waals surface area contributed by atoms with Gasteiger partial charge in [0, 0.05) is 17.9 Å². The number of nitrogens with two attached hydrogens (primary N) is 1. The van der Waals surface area contributed by atoms with Gasteiger partial charge >= 0.3 is 6.03 Å². The van der Waals surface area contributed by atoms with Crippen molar-refractivity contribution in [2.24, 2.45) is 17.6 Å². The van der Waals surface area contributed by atoms with Gasteiger partial charge in [-0.3, -0.25) is 0 Å². The molecule has 2 rings (SSSR count). The molecule has 1 saturated heterocycles. The highest BCUT2D eigenvalue weighted by atomic mass is 16.5. The number of hydrogen-bond acceptors (Lipinski definition) is 2. The van der Waals surface area contributed by atoms with Crippen molar-refractivity contribution in [3.63, 3.8) is 0 Å². The first-order valence-electron chi connectivity index (χ1n) is 3.43. The molecule has 1 heterocycles. The normalized spacial score (nSPS) is 42.6. The molecule has 2 atom stereocenters. The zero-order valence-corrected chi connectivity index (χ0v) is 5.54. The summed E-state index contributed by atoms with van der Waals surface area (Å²) in [6, 6.07) is -0.106. The van der Waals surface area contributed by atoms with Gasteiger partial charge in [-0.15, -0.1) is 0 Å². The van der Waals surface area contributed by atoms with E-state index in [-0.39, 0.29) is 0 Å². The Bertz CT molecular complexity index is 161. The SMILES string of the molecule is NC(=O)NC1[C@H]2COC[C@H]12. The van der Waals surface area contributed by atoms with E-state index in [9.17, 15) is 4.79 Å². The van der Waals surface area contributed by atoms with Gasteiger partial charge in [0.15, 0.2) is 0 Å². The van der Waals surface area contributed by atoms with Crippen molar-refractivity contribution in [2.45, 2.75) is 6.04 Å². The molecule has 1 aliphatic carbocycles. The first-order chi connectivity index (χ1) is 4.79. The zero-order valence-electron chi connectivity index (χ0n) is 5.54. The molecular weight excluding hydrogens is 132 g/mol. The predicted molar refractivity (Wildman–Crippen MR) is 34.3 cm³/mol. The number of rotatable bonds is 1. The van der Waals surface area contributed by atoms with Gasteiger partial charge in [-0.2, -0.15) is 0 Å². The van der Waals surface area contributed by atoms with E-state index < -0.39 is 6.03 Å². The average molecular weight is 142 g/mol. The highest BCUT2D eigenvalue weighted by Crippen LogP contribution is 2.43. The quantitative estimate of drug-likeness (QED) is 0.508. The van der Waals surface area contributed by atoms with Crippen LogP contribution in [0.3, 0.4) is 0 Å². The summed E-state index contributed by atoms with van der Waals surface area (Å²) >= 11 is 0. The van der Waals surface area contributed by atoms with Gasteiger partial charge in [0.25, 0.3) is 0 Å². The molecule has 0 aromatic heterocycles. The van der Waals surface area contributed by atoms with Crippen LogP contribution in [-0.4, -0.2) is 25.3 Å². The number of carbonyl (C=O) groups excluding carboxylic acids is 1. The van der Waals surface area contributed by atoms with Crippen LogP contribution in [0, 0.1) is 11.8 Å². The van der Waals surface area contributed by atoms with Crippen LogP contribution in [-0.2, 0) is 4.74 Å². The molecule has 56 valence electrons. The lowest BCUT2D eigenvalue weighted by Gasteiger charge is -2.02. The number of ether oxygens (including phenoxy) is 1. The van der Waals surface area contributed by atoms with Gasteiger partial charge in [0.2, 0.25) is 0 Å². The van der Waals surface area contributed by atoms with Gasteiger partial charge < -0.3 is 15.8 Å². The van der Waals surface area contributed by atoms with Crippen molar-refractivity contribution < 1.29 is 9.53 Å². The van der Waals surface area contributed by atoms with Crippen molar-refractivity contribution in [1.29, 1.82) is 0 Å². The molecule has 0 unspecified atom stereocenters. The molecule has 2 fully saturated rings. The van der Waals surface area contributed by atoms with Crippen molar-refractivity contribution >= 4 is 6.03 Å². The molecule has 2 aliphatic rings. The standard InChI is InChI=1S/C6H10N2O2/c7-6(9)8-5-3-1-10-2-4(3)5/h3-5H,1-2H2,(H3,7,8,9)/t3-,4-/m0/s1. The fourth-order valence-electron chi connectivity index (χ4n) is 1.62. The fraction of sp³-hybridized carbons (Fsp3) is 0.833. The number of hydrogen-bond donors (Lipinski definition) is 2. The second-order valence-corrected chi connectivity index (χ2v) is 2.90. The maximum absolute atomic E-state index is 10.4. The van der Waals surface area contributed by atoms with Crippen molar-refractivity contribution in [3.05, 3.63) is 0 Å². The van der Waals surface area contributed by atoms with Gasteiger partial charge in [-0.25, -0.2) is 4.79 Å². The van der Waals surface area contributed by atoms with Crippen molar-refractivity contribution in [1.82, 2.24) is 5.32 Å². The third-order valence-electron chi connectivity index (χ3n) is 2.26.